The lowest BCUT2D eigenvalue weighted by atomic mass is 10.6. The molecule has 0 bridgehead atoms. The topological polar surface area (TPSA) is 15.6 Å². The summed E-state index contributed by atoms with van der Waals surface area (Å²) in [6.07, 6.45) is 2.67. The molecule has 0 saturated carbocycles. The number of hydrogen-bond donors (Lipinski definition) is 0. The van der Waals surface area contributed by atoms with E-state index in [1.54, 1.807) is 4.90 Å². The predicted molar refractivity (Wildman–Crippen MR) is 23.3 cm³/mol. The zero-order chi connectivity index (χ0) is 4.41. The Kier molecular flexibility index (Phi) is 0.783. The van der Waals surface area contributed by atoms with E-state index in [9.17, 15) is 0 Å². The Morgan fingerprint density at radius 1 is 1.83 bits per heavy atom. The monoisotopic (exact) mass is 81.0 g/mol. The Labute approximate surface area is 37.5 Å². The number of nitrogens with zero attached hydrogens (tertiary/aromatic N) is 2. The molecular formula is C4H5N2. The maximum absolute atomic E-state index is 3.73. The van der Waals surface area contributed by atoms with Gasteiger partial charge in [-0.3, -0.25) is 4.99 Å². The van der Waals surface area contributed by atoms with Crippen molar-refractivity contribution < 1.29 is 0 Å². The fourth-order valence-electron chi connectivity index (χ4n) is 0.318. The Balaban J connectivity index is 2.38. The summed E-state index contributed by atoms with van der Waals surface area (Å²) in [6, 6.07) is 0. The number of hydrogen-bond acceptors (Lipinski definition) is 2. The van der Waals surface area contributed by atoms with Crippen LogP contribution in [0.2, 0.25) is 0 Å². The average Bonchev–Trinajstić information content (AvgIpc) is 1.86. The largest absolute Gasteiger partial charge is 0.344 e. The number of aliphatic imine (C=N–C) groups is 1. The molecule has 31 valence electrons. The molecule has 0 aromatic carbocycles. The highest BCUT2D eigenvalue weighted by molar-refractivity contribution is 5.57. The van der Waals surface area contributed by atoms with Gasteiger partial charge in [-0.2, -0.15) is 0 Å². The summed E-state index contributed by atoms with van der Waals surface area (Å²) in [5.74, 6) is 0. The first-order chi connectivity index (χ1) is 2.89. The lowest BCUT2D eigenvalue weighted by molar-refractivity contribution is 0.656. The summed E-state index contributed by atoms with van der Waals surface area (Å²) >= 11 is 0. The van der Waals surface area contributed by atoms with Crippen molar-refractivity contribution in [2.24, 2.45) is 4.99 Å². The van der Waals surface area contributed by atoms with Crippen molar-refractivity contribution in [1.29, 1.82) is 0 Å². The first-order valence-electron chi connectivity index (χ1n) is 1.79. The summed E-state index contributed by atoms with van der Waals surface area (Å²) < 4.78 is 0. The van der Waals surface area contributed by atoms with Gasteiger partial charge in [-0.15, -0.1) is 0 Å². The maximum atomic E-state index is 3.73. The van der Waals surface area contributed by atoms with Gasteiger partial charge in [0.15, 0.2) is 6.34 Å². The minimum Gasteiger partial charge on any atom is -0.344 e. The minimum absolute atomic E-state index is 0.677. The molecule has 1 rings (SSSR count). The van der Waals surface area contributed by atoms with Crippen LogP contribution in [-0.4, -0.2) is 24.8 Å². The molecule has 0 unspecified atom stereocenters. The summed E-state index contributed by atoms with van der Waals surface area (Å²) in [4.78, 5) is 5.42. The summed E-state index contributed by atoms with van der Waals surface area (Å²) in [5.41, 5.74) is 0. The van der Waals surface area contributed by atoms with Crippen LogP contribution in [0.3, 0.4) is 0 Å². The third kappa shape index (κ3) is 0.506. The highest BCUT2D eigenvalue weighted by Crippen LogP contribution is 1.90. The highest BCUT2D eigenvalue weighted by atomic mass is 15.2. The van der Waals surface area contributed by atoms with Gasteiger partial charge in [0.2, 0.25) is 0 Å². The summed E-state index contributed by atoms with van der Waals surface area (Å²) in [5, 5.41) is 0. The van der Waals surface area contributed by atoms with Gasteiger partial charge < -0.3 is 4.90 Å². The molecule has 0 fully saturated rings. The first-order valence-corrected chi connectivity index (χ1v) is 1.79. The van der Waals surface area contributed by atoms with E-state index in [0.717, 1.165) is 0 Å². The van der Waals surface area contributed by atoms with Gasteiger partial charge in [-0.05, 0) is 0 Å². The Hall–Kier alpha value is -0.530. The molecule has 0 aliphatic carbocycles. The fraction of sp³-hybridized carbons (Fsp3) is 0.500. The SMILES string of the molecule is CN1[C]CN=[C]1. The van der Waals surface area contributed by atoms with Crippen molar-refractivity contribution in [2.75, 3.05) is 13.6 Å². The second kappa shape index (κ2) is 1.29. The second-order valence-electron chi connectivity index (χ2n) is 1.13. The van der Waals surface area contributed by atoms with Gasteiger partial charge in [-0.25, -0.2) is 0 Å². The fourth-order valence-corrected chi connectivity index (χ4v) is 0.318. The summed E-state index contributed by atoms with van der Waals surface area (Å²) in [7, 11) is 1.86. The Morgan fingerprint density at radius 2 is 2.67 bits per heavy atom. The molecule has 1 heterocycles. The van der Waals surface area contributed by atoms with Gasteiger partial charge in [-0.1, -0.05) is 0 Å². The van der Waals surface area contributed by atoms with Crippen LogP contribution in [0.1, 0.15) is 0 Å². The molecule has 0 aromatic heterocycles. The first kappa shape index (κ1) is 3.65. The predicted octanol–water partition coefficient (Wildman–Crippen LogP) is -0.124. The van der Waals surface area contributed by atoms with Crippen molar-refractivity contribution in [3.05, 3.63) is 6.54 Å². The van der Waals surface area contributed by atoms with E-state index in [-0.39, 0.29) is 0 Å². The van der Waals surface area contributed by atoms with Gasteiger partial charge >= 0.3 is 0 Å². The molecule has 2 heteroatoms. The second-order valence-corrected chi connectivity index (χ2v) is 1.13. The van der Waals surface area contributed by atoms with Crippen molar-refractivity contribution >= 4 is 6.34 Å². The van der Waals surface area contributed by atoms with Gasteiger partial charge in [0.05, 0.1) is 6.54 Å². The third-order valence-corrected chi connectivity index (χ3v) is 0.608. The van der Waals surface area contributed by atoms with Crippen molar-refractivity contribution in [3.63, 3.8) is 0 Å². The van der Waals surface area contributed by atoms with E-state index in [1.165, 1.54) is 0 Å². The van der Waals surface area contributed by atoms with E-state index in [1.807, 2.05) is 7.05 Å². The van der Waals surface area contributed by atoms with Gasteiger partial charge in [0.1, 0.15) is 6.54 Å². The van der Waals surface area contributed by atoms with Crippen LogP contribution < -0.4 is 0 Å². The molecule has 0 spiro atoms. The average molecular weight is 81.1 g/mol. The maximum Gasteiger partial charge on any atom is 0.167 e. The van der Waals surface area contributed by atoms with E-state index in [0.29, 0.717) is 6.54 Å². The Morgan fingerprint density at radius 3 is 2.83 bits per heavy atom. The van der Waals surface area contributed by atoms with Crippen LogP contribution in [0, 0.1) is 6.54 Å². The van der Waals surface area contributed by atoms with Crippen LogP contribution >= 0.6 is 0 Å². The molecule has 0 saturated heterocycles. The van der Waals surface area contributed by atoms with Crippen molar-refractivity contribution in [3.8, 4) is 0 Å². The van der Waals surface area contributed by atoms with E-state index in [4.69, 9.17) is 0 Å². The third-order valence-electron chi connectivity index (χ3n) is 0.608. The number of likely N-dealkylation sites (N-methyl/N-ethyl adjacent to an activating group) is 1. The highest BCUT2D eigenvalue weighted by Gasteiger charge is 1.98. The molecule has 0 aromatic rings. The standard InChI is InChI=1S/C4H5N2/c1-6-3-2-5-4-6/h2H2,1H3. The molecule has 2 nitrogen and oxygen atoms in total. The van der Waals surface area contributed by atoms with Gasteiger partial charge in [0, 0.05) is 7.05 Å². The van der Waals surface area contributed by atoms with Crippen LogP contribution in [0.15, 0.2) is 4.99 Å². The van der Waals surface area contributed by atoms with E-state index >= 15 is 0 Å². The molecule has 6 heavy (non-hydrogen) atoms. The molecule has 0 atom stereocenters. The molecule has 0 amide bonds. The van der Waals surface area contributed by atoms with E-state index < -0.39 is 0 Å². The quantitative estimate of drug-likeness (QED) is 0.397. The summed E-state index contributed by atoms with van der Waals surface area (Å²) in [6.45, 7) is 3.55. The molecule has 3 radical (unpaired) electrons. The van der Waals surface area contributed by atoms with Crippen LogP contribution in [0.4, 0.5) is 0 Å². The lowest BCUT2D eigenvalue weighted by Crippen LogP contribution is -2.05. The van der Waals surface area contributed by atoms with E-state index in [2.05, 4.69) is 17.9 Å². The van der Waals surface area contributed by atoms with Crippen molar-refractivity contribution in [1.82, 2.24) is 4.90 Å². The molecular weight excluding hydrogens is 76.1 g/mol. The number of rotatable bonds is 0. The van der Waals surface area contributed by atoms with Gasteiger partial charge in [0.25, 0.3) is 0 Å². The van der Waals surface area contributed by atoms with Crippen molar-refractivity contribution in [2.45, 2.75) is 0 Å². The smallest absolute Gasteiger partial charge is 0.167 e. The lowest BCUT2D eigenvalue weighted by Gasteiger charge is -1.96. The zero-order valence-corrected chi connectivity index (χ0v) is 3.60. The Bertz CT molecular complexity index is 67.9. The van der Waals surface area contributed by atoms with Crippen LogP contribution in [0.25, 0.3) is 0 Å². The zero-order valence-electron chi connectivity index (χ0n) is 3.60. The van der Waals surface area contributed by atoms with Crippen LogP contribution in [0.5, 0.6) is 0 Å². The molecule has 0 N–H and O–H groups in total. The minimum atomic E-state index is 0.677. The van der Waals surface area contributed by atoms with Crippen LogP contribution in [-0.2, 0) is 0 Å². The molecule has 1 aliphatic heterocycles. The molecule has 1 aliphatic rings. The normalized spacial score (nSPS) is 19.8.